The van der Waals surface area contributed by atoms with Crippen LogP contribution in [0.2, 0.25) is 0 Å². The van der Waals surface area contributed by atoms with Crippen molar-refractivity contribution in [1.82, 2.24) is 0 Å². The van der Waals surface area contributed by atoms with Gasteiger partial charge in [0.1, 0.15) is 11.5 Å². The topological polar surface area (TPSA) is 29.5 Å². The monoisotopic (exact) mass is 270 g/mol. The summed E-state index contributed by atoms with van der Waals surface area (Å²) in [4.78, 5) is 0. The molecule has 106 valence electrons. The molecule has 1 N–H and O–H groups in total. The molecule has 0 fully saturated rings. The minimum atomic E-state index is -0.448. The molecule has 2 unspecified atom stereocenters. The molecule has 0 bridgehead atoms. The van der Waals surface area contributed by atoms with Gasteiger partial charge in [0.25, 0.3) is 0 Å². The van der Waals surface area contributed by atoms with Crippen molar-refractivity contribution >= 4 is 0 Å². The zero-order valence-corrected chi connectivity index (χ0v) is 12.3. The van der Waals surface area contributed by atoms with Gasteiger partial charge in [-0.2, -0.15) is 0 Å². The molecule has 2 heteroatoms. The van der Waals surface area contributed by atoms with Crippen molar-refractivity contribution < 1.29 is 9.84 Å². The first kappa shape index (κ1) is 14.6. The fourth-order valence-electron chi connectivity index (χ4n) is 2.14. The standard InChI is InChI=1S/C18H22O2/c1-4-13(2)17-7-5-6-8-18(17)20-16-11-9-15(10-12-16)14(3)19/h5-14,19H,4H2,1-3H3. The van der Waals surface area contributed by atoms with E-state index in [2.05, 4.69) is 19.9 Å². The Bertz CT molecular complexity index is 544. The quantitative estimate of drug-likeness (QED) is 0.824. The summed E-state index contributed by atoms with van der Waals surface area (Å²) in [6.45, 7) is 6.14. The van der Waals surface area contributed by atoms with E-state index in [1.54, 1.807) is 6.92 Å². The van der Waals surface area contributed by atoms with Crippen molar-refractivity contribution in [2.24, 2.45) is 0 Å². The van der Waals surface area contributed by atoms with Gasteiger partial charge in [0.2, 0.25) is 0 Å². The lowest BCUT2D eigenvalue weighted by molar-refractivity contribution is 0.199. The van der Waals surface area contributed by atoms with E-state index in [9.17, 15) is 5.11 Å². The minimum Gasteiger partial charge on any atom is -0.457 e. The Hall–Kier alpha value is -1.80. The van der Waals surface area contributed by atoms with Gasteiger partial charge in [-0.25, -0.2) is 0 Å². The molecule has 0 radical (unpaired) electrons. The van der Waals surface area contributed by atoms with Gasteiger partial charge in [-0.05, 0) is 48.6 Å². The number of benzene rings is 2. The summed E-state index contributed by atoms with van der Waals surface area (Å²) in [6, 6.07) is 15.7. The molecule has 0 aliphatic heterocycles. The highest BCUT2D eigenvalue weighted by molar-refractivity contribution is 5.40. The van der Waals surface area contributed by atoms with Gasteiger partial charge < -0.3 is 9.84 Å². The van der Waals surface area contributed by atoms with Crippen LogP contribution in [0.5, 0.6) is 11.5 Å². The average molecular weight is 270 g/mol. The van der Waals surface area contributed by atoms with Crippen molar-refractivity contribution in [3.05, 3.63) is 59.7 Å². The van der Waals surface area contributed by atoms with Crippen molar-refractivity contribution in [3.63, 3.8) is 0 Å². The van der Waals surface area contributed by atoms with Gasteiger partial charge in [0.05, 0.1) is 6.10 Å². The first-order chi connectivity index (χ1) is 9.61. The summed E-state index contributed by atoms with van der Waals surface area (Å²) in [5.74, 6) is 2.18. The van der Waals surface area contributed by atoms with Crippen LogP contribution in [0, 0.1) is 0 Å². The Kier molecular flexibility index (Phi) is 4.80. The molecule has 0 aliphatic carbocycles. The highest BCUT2D eigenvalue weighted by Gasteiger charge is 2.10. The van der Waals surface area contributed by atoms with Crippen LogP contribution in [0.3, 0.4) is 0 Å². The highest BCUT2D eigenvalue weighted by Crippen LogP contribution is 2.32. The minimum absolute atomic E-state index is 0.448. The molecule has 0 spiro atoms. The second-order valence-corrected chi connectivity index (χ2v) is 5.19. The third kappa shape index (κ3) is 3.40. The van der Waals surface area contributed by atoms with E-state index in [1.807, 2.05) is 42.5 Å². The molecule has 0 saturated heterocycles. The maximum atomic E-state index is 9.51. The second-order valence-electron chi connectivity index (χ2n) is 5.19. The molecule has 20 heavy (non-hydrogen) atoms. The first-order valence-corrected chi connectivity index (χ1v) is 7.16. The van der Waals surface area contributed by atoms with Crippen LogP contribution >= 0.6 is 0 Å². The van der Waals surface area contributed by atoms with E-state index in [4.69, 9.17) is 4.74 Å². The van der Waals surface area contributed by atoms with E-state index in [1.165, 1.54) is 5.56 Å². The summed E-state index contributed by atoms with van der Waals surface area (Å²) in [6.07, 6.45) is 0.637. The predicted molar refractivity (Wildman–Crippen MR) is 82.3 cm³/mol. The number of aliphatic hydroxyl groups excluding tert-OH is 1. The Morgan fingerprint density at radius 1 is 1.00 bits per heavy atom. The molecule has 0 aromatic heterocycles. The normalized spacial score (nSPS) is 13.8. The molecule has 0 amide bonds. The lowest BCUT2D eigenvalue weighted by Crippen LogP contribution is -1.96. The molecular weight excluding hydrogens is 248 g/mol. The van der Waals surface area contributed by atoms with Crippen LogP contribution in [-0.2, 0) is 0 Å². The lowest BCUT2D eigenvalue weighted by atomic mass is 9.98. The molecule has 2 rings (SSSR count). The summed E-state index contributed by atoms with van der Waals surface area (Å²) in [5, 5.41) is 9.51. The summed E-state index contributed by atoms with van der Waals surface area (Å²) < 4.78 is 5.99. The van der Waals surface area contributed by atoms with Gasteiger partial charge in [0, 0.05) is 0 Å². The van der Waals surface area contributed by atoms with Crippen molar-refractivity contribution in [3.8, 4) is 11.5 Å². The highest BCUT2D eigenvalue weighted by atomic mass is 16.5. The summed E-state index contributed by atoms with van der Waals surface area (Å²) in [5.41, 5.74) is 2.13. The molecular formula is C18H22O2. The number of rotatable bonds is 5. The summed E-state index contributed by atoms with van der Waals surface area (Å²) in [7, 11) is 0. The molecule has 2 nitrogen and oxygen atoms in total. The van der Waals surface area contributed by atoms with Crippen LogP contribution < -0.4 is 4.74 Å². The maximum Gasteiger partial charge on any atom is 0.130 e. The number of aliphatic hydroxyl groups is 1. The average Bonchev–Trinajstić information content (AvgIpc) is 2.47. The third-order valence-electron chi connectivity index (χ3n) is 3.65. The van der Waals surface area contributed by atoms with Crippen molar-refractivity contribution in [2.75, 3.05) is 0 Å². The van der Waals surface area contributed by atoms with Gasteiger partial charge in [-0.3, -0.25) is 0 Å². The van der Waals surface area contributed by atoms with Gasteiger partial charge in [0.15, 0.2) is 0 Å². The Labute approximate surface area is 121 Å². The molecule has 0 heterocycles. The Morgan fingerprint density at radius 3 is 2.25 bits per heavy atom. The maximum absolute atomic E-state index is 9.51. The van der Waals surface area contributed by atoms with Crippen LogP contribution in [0.25, 0.3) is 0 Å². The Morgan fingerprint density at radius 2 is 1.65 bits per heavy atom. The molecule has 2 atom stereocenters. The largest absolute Gasteiger partial charge is 0.457 e. The van der Waals surface area contributed by atoms with Gasteiger partial charge >= 0.3 is 0 Å². The Balaban J connectivity index is 2.21. The van der Waals surface area contributed by atoms with Crippen LogP contribution in [0.4, 0.5) is 0 Å². The fraction of sp³-hybridized carbons (Fsp3) is 0.333. The van der Waals surface area contributed by atoms with Gasteiger partial charge in [-0.15, -0.1) is 0 Å². The summed E-state index contributed by atoms with van der Waals surface area (Å²) >= 11 is 0. The molecule has 0 saturated carbocycles. The van der Waals surface area contributed by atoms with Crippen LogP contribution in [0.15, 0.2) is 48.5 Å². The van der Waals surface area contributed by atoms with Crippen LogP contribution in [-0.4, -0.2) is 5.11 Å². The number of ether oxygens (including phenoxy) is 1. The van der Waals surface area contributed by atoms with Crippen molar-refractivity contribution in [1.29, 1.82) is 0 Å². The molecule has 2 aromatic rings. The third-order valence-corrected chi connectivity index (χ3v) is 3.65. The van der Waals surface area contributed by atoms with Crippen LogP contribution in [0.1, 0.15) is 50.3 Å². The number of hydrogen-bond acceptors (Lipinski definition) is 2. The number of para-hydroxylation sites is 1. The van der Waals surface area contributed by atoms with Gasteiger partial charge in [-0.1, -0.05) is 44.2 Å². The number of hydrogen-bond donors (Lipinski definition) is 1. The van der Waals surface area contributed by atoms with E-state index in [0.717, 1.165) is 23.5 Å². The zero-order valence-electron chi connectivity index (χ0n) is 12.3. The smallest absolute Gasteiger partial charge is 0.130 e. The van der Waals surface area contributed by atoms with E-state index < -0.39 is 6.10 Å². The predicted octanol–water partition coefficient (Wildman–Crippen LogP) is 5.05. The zero-order chi connectivity index (χ0) is 14.5. The SMILES string of the molecule is CCC(C)c1ccccc1Oc1ccc(C(C)O)cc1. The molecule has 0 aliphatic rings. The van der Waals surface area contributed by atoms with Crippen molar-refractivity contribution in [2.45, 2.75) is 39.2 Å². The van der Waals surface area contributed by atoms with E-state index in [0.29, 0.717) is 5.92 Å². The van der Waals surface area contributed by atoms with E-state index >= 15 is 0 Å². The van der Waals surface area contributed by atoms with E-state index in [-0.39, 0.29) is 0 Å². The fourth-order valence-corrected chi connectivity index (χ4v) is 2.14. The molecule has 2 aromatic carbocycles. The first-order valence-electron chi connectivity index (χ1n) is 7.16. The lowest BCUT2D eigenvalue weighted by Gasteiger charge is -2.15. The second kappa shape index (κ2) is 6.58.